The van der Waals surface area contributed by atoms with Gasteiger partial charge in [-0.2, -0.15) is 0 Å². The van der Waals surface area contributed by atoms with E-state index in [2.05, 4.69) is 18.6 Å². The Morgan fingerprint density at radius 1 is 1.19 bits per heavy atom. The van der Waals surface area contributed by atoms with Gasteiger partial charge in [0.25, 0.3) is 0 Å². The van der Waals surface area contributed by atoms with Crippen molar-refractivity contribution in [1.29, 1.82) is 0 Å². The number of hydrogen-bond donors (Lipinski definition) is 1. The number of hydrogen-bond acceptors (Lipinski definition) is 4. The van der Waals surface area contributed by atoms with Crippen LogP contribution in [-0.2, 0) is 20.6 Å². The van der Waals surface area contributed by atoms with E-state index in [1.165, 1.54) is 18.2 Å². The number of carbonyl (C=O) groups is 1. The summed E-state index contributed by atoms with van der Waals surface area (Å²) in [6.45, 7) is 8.60. The molecular formula is C23H29FN2O4S. The van der Waals surface area contributed by atoms with E-state index in [1.54, 1.807) is 29.2 Å². The largest absolute Gasteiger partial charge is 0.490 e. The first-order chi connectivity index (χ1) is 14.5. The maximum atomic E-state index is 13.4. The average Bonchev–Trinajstić information content (AvgIpc) is 2.74. The van der Waals surface area contributed by atoms with Gasteiger partial charge >= 0.3 is 0 Å². The van der Waals surface area contributed by atoms with Crippen LogP contribution in [0, 0.1) is 17.2 Å². The van der Waals surface area contributed by atoms with E-state index in [4.69, 9.17) is 4.74 Å². The molecule has 0 saturated heterocycles. The first kappa shape index (κ1) is 23.1. The summed E-state index contributed by atoms with van der Waals surface area (Å²) >= 11 is 0. The fraction of sp³-hybridized carbons (Fsp3) is 0.435. The number of anilines is 2. The summed E-state index contributed by atoms with van der Waals surface area (Å²) in [5.74, 6) is 0.0252. The second-order valence-corrected chi connectivity index (χ2v) is 10.7. The molecule has 0 radical (unpaired) electrons. The molecule has 0 bridgehead atoms. The molecular weight excluding hydrogens is 419 g/mol. The first-order valence-corrected chi connectivity index (χ1v) is 12.0. The highest BCUT2D eigenvalue weighted by Gasteiger charge is 2.37. The summed E-state index contributed by atoms with van der Waals surface area (Å²) < 4.78 is 47.1. The molecule has 1 N–H and O–H groups in total. The van der Waals surface area contributed by atoms with Crippen LogP contribution in [0.1, 0.15) is 39.7 Å². The molecule has 0 unspecified atom stereocenters. The second kappa shape index (κ2) is 8.86. The zero-order valence-corrected chi connectivity index (χ0v) is 19.1. The van der Waals surface area contributed by atoms with E-state index < -0.39 is 21.3 Å². The van der Waals surface area contributed by atoms with Gasteiger partial charge in [0.1, 0.15) is 18.2 Å². The number of nitrogens with one attached hydrogen (secondary N) is 1. The molecule has 0 aliphatic carbocycles. The Bertz CT molecular complexity index is 1070. The van der Waals surface area contributed by atoms with Crippen molar-refractivity contribution < 1.29 is 22.3 Å². The molecule has 1 heterocycles. The van der Waals surface area contributed by atoms with E-state index in [9.17, 15) is 17.6 Å². The molecule has 1 amide bonds. The number of benzene rings is 2. The SMILES string of the molecule is CC(C)CCN1C(=O)C(C)(C)COc2ccc(NS(=O)(=O)Cc3cccc(F)c3)cc21. The number of carbonyl (C=O) groups excluding carboxylic acids is 1. The van der Waals surface area contributed by atoms with Crippen LogP contribution in [0.25, 0.3) is 0 Å². The second-order valence-electron chi connectivity index (χ2n) is 8.99. The molecule has 2 aromatic carbocycles. The van der Waals surface area contributed by atoms with Gasteiger partial charge in [0, 0.05) is 6.54 Å². The standard InChI is InChI=1S/C23H29FN2O4S/c1-16(2)10-11-26-20-13-19(8-9-21(20)30-15-23(3,4)22(26)27)25-31(28,29)14-17-6-5-7-18(24)12-17/h5-9,12-13,16,25H,10-11,14-15H2,1-4H3. The third kappa shape index (κ3) is 5.76. The highest BCUT2D eigenvalue weighted by atomic mass is 32.2. The van der Waals surface area contributed by atoms with Crippen molar-refractivity contribution in [3.05, 3.63) is 53.8 Å². The van der Waals surface area contributed by atoms with Gasteiger partial charge in [-0.1, -0.05) is 26.0 Å². The number of nitrogens with zero attached hydrogens (tertiary/aromatic N) is 1. The summed E-state index contributed by atoms with van der Waals surface area (Å²) in [5.41, 5.74) is 0.511. The van der Waals surface area contributed by atoms with Gasteiger partial charge in [-0.25, -0.2) is 12.8 Å². The van der Waals surface area contributed by atoms with Crippen LogP contribution in [0.3, 0.4) is 0 Å². The van der Waals surface area contributed by atoms with Crippen molar-refractivity contribution in [2.24, 2.45) is 11.3 Å². The van der Waals surface area contributed by atoms with Gasteiger partial charge in [-0.05, 0) is 62.1 Å². The molecule has 0 spiro atoms. The lowest BCUT2D eigenvalue weighted by atomic mass is 9.92. The number of halogens is 1. The molecule has 0 saturated carbocycles. The molecule has 1 aliphatic rings. The van der Waals surface area contributed by atoms with E-state index >= 15 is 0 Å². The Hall–Kier alpha value is -2.61. The maximum Gasteiger partial charge on any atom is 0.236 e. The Morgan fingerprint density at radius 2 is 1.94 bits per heavy atom. The average molecular weight is 449 g/mol. The Balaban J connectivity index is 1.89. The van der Waals surface area contributed by atoms with Gasteiger partial charge in [-0.15, -0.1) is 0 Å². The number of fused-ring (bicyclic) bond motifs is 1. The quantitative estimate of drug-likeness (QED) is 0.674. The lowest BCUT2D eigenvalue weighted by Gasteiger charge is -2.28. The molecule has 1 aliphatic heterocycles. The van der Waals surface area contributed by atoms with Crippen LogP contribution in [0.15, 0.2) is 42.5 Å². The normalized spacial score (nSPS) is 15.9. The molecule has 2 aromatic rings. The molecule has 3 rings (SSSR count). The third-order valence-corrected chi connectivity index (χ3v) is 6.37. The van der Waals surface area contributed by atoms with Crippen molar-refractivity contribution >= 4 is 27.3 Å². The smallest absolute Gasteiger partial charge is 0.236 e. The summed E-state index contributed by atoms with van der Waals surface area (Å²) in [4.78, 5) is 14.9. The van der Waals surface area contributed by atoms with Crippen molar-refractivity contribution in [1.82, 2.24) is 0 Å². The van der Waals surface area contributed by atoms with E-state index in [0.717, 1.165) is 6.42 Å². The number of amides is 1. The van der Waals surface area contributed by atoms with Gasteiger partial charge in [0.15, 0.2) is 0 Å². The fourth-order valence-corrected chi connectivity index (χ4v) is 4.56. The molecule has 8 heteroatoms. The summed E-state index contributed by atoms with van der Waals surface area (Å²) in [6, 6.07) is 10.4. The number of ether oxygens (including phenoxy) is 1. The lowest BCUT2D eigenvalue weighted by Crippen LogP contribution is -2.42. The predicted octanol–water partition coefficient (Wildman–Crippen LogP) is 4.57. The summed E-state index contributed by atoms with van der Waals surface area (Å²) in [5, 5.41) is 0. The molecule has 0 atom stereocenters. The molecule has 168 valence electrons. The van der Waals surface area contributed by atoms with Crippen molar-refractivity contribution in [2.45, 2.75) is 39.9 Å². The van der Waals surface area contributed by atoms with Crippen molar-refractivity contribution in [2.75, 3.05) is 22.8 Å². The lowest BCUT2D eigenvalue weighted by molar-refractivity contribution is -0.127. The van der Waals surface area contributed by atoms with Crippen LogP contribution in [0.2, 0.25) is 0 Å². The zero-order valence-electron chi connectivity index (χ0n) is 18.3. The molecule has 6 nitrogen and oxygen atoms in total. The highest BCUT2D eigenvalue weighted by Crippen LogP contribution is 2.38. The van der Waals surface area contributed by atoms with Crippen LogP contribution in [-0.4, -0.2) is 27.5 Å². The first-order valence-electron chi connectivity index (χ1n) is 10.3. The Labute approximate surface area is 183 Å². The number of rotatable bonds is 7. The van der Waals surface area contributed by atoms with Crippen LogP contribution in [0.5, 0.6) is 5.75 Å². The minimum absolute atomic E-state index is 0.0633. The van der Waals surface area contributed by atoms with E-state index in [0.29, 0.717) is 35.2 Å². The van der Waals surface area contributed by atoms with Gasteiger partial charge in [-0.3, -0.25) is 9.52 Å². The van der Waals surface area contributed by atoms with Gasteiger partial charge in [0.2, 0.25) is 15.9 Å². The summed E-state index contributed by atoms with van der Waals surface area (Å²) in [6.07, 6.45) is 0.802. The fourth-order valence-electron chi connectivity index (χ4n) is 3.38. The topological polar surface area (TPSA) is 75.7 Å². The summed E-state index contributed by atoms with van der Waals surface area (Å²) in [7, 11) is -3.78. The van der Waals surface area contributed by atoms with Crippen molar-refractivity contribution in [3.63, 3.8) is 0 Å². The minimum Gasteiger partial charge on any atom is -0.490 e. The van der Waals surface area contributed by atoms with Gasteiger partial charge in [0.05, 0.1) is 22.5 Å². The predicted molar refractivity (Wildman–Crippen MR) is 120 cm³/mol. The molecule has 0 fully saturated rings. The van der Waals surface area contributed by atoms with Crippen LogP contribution >= 0.6 is 0 Å². The van der Waals surface area contributed by atoms with Crippen molar-refractivity contribution in [3.8, 4) is 5.75 Å². The molecule has 0 aromatic heterocycles. The zero-order chi connectivity index (χ0) is 22.8. The van der Waals surface area contributed by atoms with Crippen LogP contribution < -0.4 is 14.4 Å². The monoisotopic (exact) mass is 448 g/mol. The highest BCUT2D eigenvalue weighted by molar-refractivity contribution is 7.91. The van der Waals surface area contributed by atoms with Crippen LogP contribution in [0.4, 0.5) is 15.8 Å². The van der Waals surface area contributed by atoms with E-state index in [1.807, 2.05) is 13.8 Å². The third-order valence-electron chi connectivity index (χ3n) is 5.11. The Morgan fingerprint density at radius 3 is 2.61 bits per heavy atom. The minimum atomic E-state index is -3.78. The Kier molecular flexibility index (Phi) is 6.59. The molecule has 31 heavy (non-hydrogen) atoms. The maximum absolute atomic E-state index is 13.4. The van der Waals surface area contributed by atoms with Gasteiger partial charge < -0.3 is 9.64 Å². The van der Waals surface area contributed by atoms with E-state index in [-0.39, 0.29) is 18.3 Å². The number of sulfonamides is 1.